The van der Waals surface area contributed by atoms with Crippen molar-refractivity contribution < 1.29 is 22.7 Å². The van der Waals surface area contributed by atoms with Crippen LogP contribution in [0.25, 0.3) is 0 Å². The second-order valence-corrected chi connectivity index (χ2v) is 9.31. The zero-order valence-electron chi connectivity index (χ0n) is 17.0. The zero-order chi connectivity index (χ0) is 21.8. The molecule has 9 heteroatoms. The maximum Gasteiger partial charge on any atom is 0.264 e. The summed E-state index contributed by atoms with van der Waals surface area (Å²) in [5.41, 5.74) is 2.44. The van der Waals surface area contributed by atoms with Crippen LogP contribution in [0.2, 0.25) is 0 Å². The molecule has 2 aliphatic rings. The van der Waals surface area contributed by atoms with Crippen LogP contribution in [0.15, 0.2) is 47.4 Å². The van der Waals surface area contributed by atoms with Crippen LogP contribution in [0.4, 0.5) is 5.69 Å². The Labute approximate surface area is 181 Å². The number of anilines is 1. The predicted octanol–water partition coefficient (Wildman–Crippen LogP) is 1.74. The van der Waals surface area contributed by atoms with Crippen LogP contribution in [0.5, 0.6) is 5.75 Å². The number of sulfonamides is 1. The number of hydrogen-bond donors (Lipinski definition) is 0. The first-order valence-corrected chi connectivity index (χ1v) is 11.5. The van der Waals surface area contributed by atoms with Crippen LogP contribution >= 0.6 is 0 Å². The quantitative estimate of drug-likeness (QED) is 0.677. The molecule has 0 unspecified atom stereocenters. The number of nitriles is 1. The van der Waals surface area contributed by atoms with Crippen molar-refractivity contribution in [1.29, 1.82) is 5.26 Å². The SMILES string of the molecule is N#CCc1ccc(OCC(=O)N2CCc3cc(S(=O)(=O)N4CCOCC4)ccc32)cc1. The first-order chi connectivity index (χ1) is 15.0. The van der Waals surface area contributed by atoms with Crippen molar-refractivity contribution in [2.45, 2.75) is 17.7 Å². The molecule has 1 saturated heterocycles. The Balaban J connectivity index is 1.42. The molecule has 2 heterocycles. The van der Waals surface area contributed by atoms with Crippen LogP contribution in [0.1, 0.15) is 11.1 Å². The Bertz CT molecular complexity index is 1100. The van der Waals surface area contributed by atoms with Gasteiger partial charge in [-0.15, -0.1) is 0 Å². The number of morpholine rings is 1. The average molecular weight is 442 g/mol. The fourth-order valence-corrected chi connectivity index (χ4v) is 5.21. The summed E-state index contributed by atoms with van der Waals surface area (Å²) >= 11 is 0. The summed E-state index contributed by atoms with van der Waals surface area (Å²) in [7, 11) is -3.57. The molecule has 8 nitrogen and oxygen atoms in total. The lowest BCUT2D eigenvalue weighted by Crippen LogP contribution is -2.40. The standard InChI is InChI=1S/C22H23N3O5S/c23-9-7-17-1-3-19(4-2-17)30-16-22(26)25-10-8-18-15-20(5-6-21(18)25)31(27,28)24-11-13-29-14-12-24/h1-6,15H,7-8,10-14,16H2. The van der Waals surface area contributed by atoms with Gasteiger partial charge < -0.3 is 14.4 Å². The third kappa shape index (κ3) is 4.56. The Morgan fingerprint density at radius 2 is 1.84 bits per heavy atom. The van der Waals surface area contributed by atoms with Crippen molar-refractivity contribution in [2.75, 3.05) is 44.4 Å². The molecular weight excluding hydrogens is 418 g/mol. The molecule has 4 rings (SSSR count). The number of benzene rings is 2. The molecule has 0 atom stereocenters. The summed E-state index contributed by atoms with van der Waals surface area (Å²) < 4.78 is 38.0. The molecule has 2 aromatic rings. The normalized spacial score (nSPS) is 16.5. The van der Waals surface area contributed by atoms with E-state index in [1.807, 2.05) is 0 Å². The first kappa shape index (κ1) is 21.3. The highest BCUT2D eigenvalue weighted by atomic mass is 32.2. The maximum atomic E-state index is 12.9. The van der Waals surface area contributed by atoms with Gasteiger partial charge in [0, 0.05) is 25.3 Å². The molecule has 2 aromatic carbocycles. The van der Waals surface area contributed by atoms with E-state index in [0.717, 1.165) is 16.8 Å². The third-order valence-electron chi connectivity index (χ3n) is 5.42. The first-order valence-electron chi connectivity index (χ1n) is 10.1. The number of carbonyl (C=O) groups is 1. The average Bonchev–Trinajstić information content (AvgIpc) is 3.23. The molecule has 0 bridgehead atoms. The lowest BCUT2D eigenvalue weighted by molar-refractivity contribution is -0.120. The van der Waals surface area contributed by atoms with Gasteiger partial charge >= 0.3 is 0 Å². The minimum Gasteiger partial charge on any atom is -0.484 e. The number of amides is 1. The summed E-state index contributed by atoms with van der Waals surface area (Å²) in [6, 6.07) is 14.1. The van der Waals surface area contributed by atoms with Crippen molar-refractivity contribution in [3.05, 3.63) is 53.6 Å². The van der Waals surface area contributed by atoms with Crippen molar-refractivity contribution in [2.24, 2.45) is 0 Å². The molecule has 2 aliphatic heterocycles. The van der Waals surface area contributed by atoms with Crippen molar-refractivity contribution in [3.8, 4) is 11.8 Å². The summed E-state index contributed by atoms with van der Waals surface area (Å²) in [5.74, 6) is 0.366. The maximum absolute atomic E-state index is 12.9. The van der Waals surface area contributed by atoms with E-state index in [9.17, 15) is 13.2 Å². The second kappa shape index (κ2) is 9.06. The van der Waals surface area contributed by atoms with Crippen LogP contribution in [0, 0.1) is 11.3 Å². The minimum absolute atomic E-state index is 0.120. The highest BCUT2D eigenvalue weighted by molar-refractivity contribution is 7.89. The highest BCUT2D eigenvalue weighted by Crippen LogP contribution is 2.31. The molecule has 162 valence electrons. The third-order valence-corrected chi connectivity index (χ3v) is 7.32. The van der Waals surface area contributed by atoms with Gasteiger partial charge in [0.15, 0.2) is 6.61 Å². The lowest BCUT2D eigenvalue weighted by Gasteiger charge is -2.26. The summed E-state index contributed by atoms with van der Waals surface area (Å²) in [5, 5.41) is 8.72. The van der Waals surface area contributed by atoms with Gasteiger partial charge in [-0.3, -0.25) is 4.79 Å². The van der Waals surface area contributed by atoms with E-state index in [0.29, 0.717) is 51.4 Å². The zero-order valence-corrected chi connectivity index (χ0v) is 17.8. The minimum atomic E-state index is -3.57. The van der Waals surface area contributed by atoms with E-state index in [-0.39, 0.29) is 17.4 Å². The van der Waals surface area contributed by atoms with E-state index in [4.69, 9.17) is 14.7 Å². The largest absolute Gasteiger partial charge is 0.484 e. The highest BCUT2D eigenvalue weighted by Gasteiger charge is 2.30. The molecular formula is C22H23N3O5S. The molecule has 0 N–H and O–H groups in total. The topological polar surface area (TPSA) is 99.9 Å². The number of rotatable bonds is 6. The van der Waals surface area contributed by atoms with E-state index in [2.05, 4.69) is 6.07 Å². The number of ether oxygens (including phenoxy) is 2. The second-order valence-electron chi connectivity index (χ2n) is 7.37. The Kier molecular flexibility index (Phi) is 6.23. The van der Waals surface area contributed by atoms with Gasteiger partial charge in [-0.25, -0.2) is 8.42 Å². The van der Waals surface area contributed by atoms with Gasteiger partial charge in [0.05, 0.1) is 30.6 Å². The molecule has 31 heavy (non-hydrogen) atoms. The molecule has 0 aromatic heterocycles. The smallest absolute Gasteiger partial charge is 0.264 e. The van der Waals surface area contributed by atoms with Gasteiger partial charge in [0.25, 0.3) is 5.91 Å². The fraction of sp³-hybridized carbons (Fsp3) is 0.364. The molecule has 0 saturated carbocycles. The van der Waals surface area contributed by atoms with Crippen LogP contribution in [0.3, 0.4) is 0 Å². The van der Waals surface area contributed by atoms with Gasteiger partial charge in [0.1, 0.15) is 5.75 Å². The van der Waals surface area contributed by atoms with Gasteiger partial charge in [-0.05, 0) is 47.9 Å². The lowest BCUT2D eigenvalue weighted by atomic mass is 10.2. The number of nitrogens with zero attached hydrogens (tertiary/aromatic N) is 3. The van der Waals surface area contributed by atoms with E-state index < -0.39 is 10.0 Å². The van der Waals surface area contributed by atoms with Gasteiger partial charge in [0.2, 0.25) is 10.0 Å². The van der Waals surface area contributed by atoms with Crippen LogP contribution in [-0.4, -0.2) is 58.1 Å². The van der Waals surface area contributed by atoms with Crippen LogP contribution in [-0.2, 0) is 32.4 Å². The van der Waals surface area contributed by atoms with E-state index in [1.165, 1.54) is 4.31 Å². The van der Waals surface area contributed by atoms with Crippen LogP contribution < -0.4 is 9.64 Å². The summed E-state index contributed by atoms with van der Waals surface area (Å²) in [6.07, 6.45) is 0.920. The van der Waals surface area contributed by atoms with Gasteiger partial charge in [-0.1, -0.05) is 12.1 Å². The molecule has 0 radical (unpaired) electrons. The van der Waals surface area contributed by atoms with E-state index >= 15 is 0 Å². The van der Waals surface area contributed by atoms with Crippen molar-refractivity contribution in [1.82, 2.24) is 4.31 Å². The summed E-state index contributed by atoms with van der Waals surface area (Å²) in [6.45, 7) is 1.85. The monoisotopic (exact) mass is 441 g/mol. The van der Waals surface area contributed by atoms with Crippen molar-refractivity contribution >= 4 is 21.6 Å². The Hall–Kier alpha value is -2.93. The summed E-state index contributed by atoms with van der Waals surface area (Å²) in [4.78, 5) is 14.6. The fourth-order valence-electron chi connectivity index (χ4n) is 3.75. The molecule has 0 spiro atoms. The van der Waals surface area contributed by atoms with Crippen molar-refractivity contribution in [3.63, 3.8) is 0 Å². The molecule has 1 fully saturated rings. The van der Waals surface area contributed by atoms with Gasteiger partial charge in [-0.2, -0.15) is 9.57 Å². The number of hydrogen-bond acceptors (Lipinski definition) is 6. The number of carbonyl (C=O) groups excluding carboxylic acids is 1. The molecule has 0 aliphatic carbocycles. The predicted molar refractivity (Wildman–Crippen MR) is 113 cm³/mol. The Morgan fingerprint density at radius 3 is 2.55 bits per heavy atom. The van der Waals surface area contributed by atoms with E-state index in [1.54, 1.807) is 47.4 Å². The Morgan fingerprint density at radius 1 is 1.10 bits per heavy atom. The molecule has 1 amide bonds. The number of fused-ring (bicyclic) bond motifs is 1.